The maximum absolute atomic E-state index is 14.9. The van der Waals surface area contributed by atoms with Gasteiger partial charge in [-0.25, -0.2) is 22.2 Å². The first-order valence-corrected chi connectivity index (χ1v) is 11.6. The molecular weight excluding hydrogens is 456 g/mol. The summed E-state index contributed by atoms with van der Waals surface area (Å²) < 4.78 is 55.1. The number of Topliss-reactive ketones (excluding diaryl/α,β-unsaturated/α-hetero) is 1. The number of carbonyl (C=O) groups is 2. The Balaban J connectivity index is 1.91. The van der Waals surface area contributed by atoms with Crippen LogP contribution >= 0.6 is 0 Å². The van der Waals surface area contributed by atoms with E-state index in [9.17, 15) is 26.8 Å². The first kappa shape index (κ1) is 24.3. The molecule has 0 radical (unpaired) electrons. The lowest BCUT2D eigenvalue weighted by Crippen LogP contribution is -2.21. The number of hydrogen-bond acceptors (Lipinski definition) is 6. The lowest BCUT2D eigenvalue weighted by Gasteiger charge is -2.12. The molecule has 3 N–H and O–H groups in total. The summed E-state index contributed by atoms with van der Waals surface area (Å²) in [4.78, 5) is 33.8. The number of hydrogen-bond donors (Lipinski definition) is 3. The van der Waals surface area contributed by atoms with Gasteiger partial charge in [0.1, 0.15) is 17.0 Å². The van der Waals surface area contributed by atoms with E-state index in [1.165, 1.54) is 18.5 Å². The van der Waals surface area contributed by atoms with E-state index < -0.39 is 38.8 Å². The van der Waals surface area contributed by atoms with Gasteiger partial charge in [0.25, 0.3) is 5.91 Å². The summed E-state index contributed by atoms with van der Waals surface area (Å²) in [6.07, 6.45) is 3.06. The fourth-order valence-electron chi connectivity index (χ4n) is 3.20. The zero-order valence-electron chi connectivity index (χ0n) is 18.2. The van der Waals surface area contributed by atoms with Crippen molar-refractivity contribution < 1.29 is 26.8 Å². The normalized spacial score (nSPS) is 11.7. The number of aromatic amines is 1. The van der Waals surface area contributed by atoms with E-state index in [-0.39, 0.29) is 23.8 Å². The molecule has 0 aliphatic rings. The van der Waals surface area contributed by atoms with E-state index in [1.807, 2.05) is 4.72 Å². The summed E-state index contributed by atoms with van der Waals surface area (Å²) in [6.45, 7) is 1.79. The topological polar surface area (TPSA) is 124 Å². The monoisotopic (exact) mass is 479 g/mol. The van der Waals surface area contributed by atoms with Gasteiger partial charge in [-0.05, 0) is 38.7 Å². The van der Waals surface area contributed by atoms with Crippen LogP contribution in [0.25, 0.3) is 11.0 Å². The minimum absolute atomic E-state index is 0.0989. The van der Waals surface area contributed by atoms with Crippen molar-refractivity contribution in [2.24, 2.45) is 0 Å². The molecule has 0 saturated carbocycles. The SMILES string of the molecule is CCCS(=O)(=O)Nc1ccc(F)c(C(=O)Nc2cnc3[nH]cc(C(=O)CN(C)C)c3c2)c1F. The van der Waals surface area contributed by atoms with Crippen molar-refractivity contribution in [3.05, 3.63) is 53.4 Å². The molecule has 1 amide bonds. The number of fused-ring (bicyclic) bond motifs is 1. The number of nitrogens with one attached hydrogen (secondary N) is 3. The van der Waals surface area contributed by atoms with Gasteiger partial charge in [0, 0.05) is 17.1 Å². The molecule has 0 unspecified atom stereocenters. The van der Waals surface area contributed by atoms with Crippen LogP contribution in [0.5, 0.6) is 0 Å². The number of pyridine rings is 1. The lowest BCUT2D eigenvalue weighted by molar-refractivity contribution is 0.0958. The summed E-state index contributed by atoms with van der Waals surface area (Å²) in [5.74, 6) is -4.09. The van der Waals surface area contributed by atoms with Gasteiger partial charge in [-0.2, -0.15) is 0 Å². The van der Waals surface area contributed by atoms with E-state index in [0.717, 1.165) is 12.1 Å². The van der Waals surface area contributed by atoms with Gasteiger partial charge in [-0.1, -0.05) is 6.92 Å². The molecule has 33 heavy (non-hydrogen) atoms. The Bertz CT molecular complexity index is 1320. The van der Waals surface area contributed by atoms with Crippen molar-refractivity contribution in [1.29, 1.82) is 0 Å². The first-order valence-electron chi connectivity index (χ1n) is 9.97. The number of anilines is 2. The van der Waals surface area contributed by atoms with E-state index >= 15 is 0 Å². The van der Waals surface area contributed by atoms with Crippen molar-refractivity contribution in [2.75, 3.05) is 36.4 Å². The van der Waals surface area contributed by atoms with Crippen LogP contribution < -0.4 is 10.0 Å². The summed E-state index contributed by atoms with van der Waals surface area (Å²) in [5.41, 5.74) is -0.635. The number of sulfonamides is 1. The van der Waals surface area contributed by atoms with Gasteiger partial charge in [-0.3, -0.25) is 14.3 Å². The summed E-state index contributed by atoms with van der Waals surface area (Å²) >= 11 is 0. The molecular formula is C21H23F2N5O4S. The highest BCUT2D eigenvalue weighted by molar-refractivity contribution is 7.92. The van der Waals surface area contributed by atoms with Crippen molar-refractivity contribution in [3.8, 4) is 0 Å². The molecule has 9 nitrogen and oxygen atoms in total. The van der Waals surface area contributed by atoms with Crippen molar-refractivity contribution in [3.63, 3.8) is 0 Å². The molecule has 0 aliphatic heterocycles. The quantitative estimate of drug-likeness (QED) is 0.406. The first-order chi connectivity index (χ1) is 15.5. The average molecular weight is 480 g/mol. The molecule has 0 saturated heterocycles. The number of amides is 1. The Morgan fingerprint density at radius 2 is 1.94 bits per heavy atom. The van der Waals surface area contributed by atoms with E-state index in [4.69, 9.17) is 0 Å². The number of ketones is 1. The van der Waals surface area contributed by atoms with Gasteiger partial charge in [0.15, 0.2) is 11.6 Å². The molecule has 12 heteroatoms. The lowest BCUT2D eigenvalue weighted by atomic mass is 10.1. The van der Waals surface area contributed by atoms with Gasteiger partial charge >= 0.3 is 0 Å². The highest BCUT2D eigenvalue weighted by atomic mass is 32.2. The van der Waals surface area contributed by atoms with E-state index in [2.05, 4.69) is 15.3 Å². The average Bonchev–Trinajstić information content (AvgIpc) is 3.13. The fourth-order valence-corrected chi connectivity index (χ4v) is 4.33. The number of carbonyl (C=O) groups excluding carboxylic acids is 2. The molecule has 0 bridgehead atoms. The van der Waals surface area contributed by atoms with Crippen LogP contribution in [-0.2, 0) is 10.0 Å². The van der Waals surface area contributed by atoms with Crippen LogP contribution in [0.1, 0.15) is 34.1 Å². The Morgan fingerprint density at radius 3 is 2.61 bits per heavy atom. The second-order valence-corrected chi connectivity index (χ2v) is 9.48. The Labute approximate surface area is 189 Å². The van der Waals surface area contributed by atoms with Crippen LogP contribution in [-0.4, -0.2) is 61.4 Å². The number of nitrogens with zero attached hydrogens (tertiary/aromatic N) is 2. The third-order valence-corrected chi connectivity index (χ3v) is 6.08. The van der Waals surface area contributed by atoms with Crippen LogP contribution in [0.4, 0.5) is 20.2 Å². The van der Waals surface area contributed by atoms with Crippen LogP contribution in [0.2, 0.25) is 0 Å². The van der Waals surface area contributed by atoms with E-state index in [1.54, 1.807) is 25.9 Å². The van der Waals surface area contributed by atoms with E-state index in [0.29, 0.717) is 23.0 Å². The predicted molar refractivity (Wildman–Crippen MR) is 121 cm³/mol. The molecule has 2 heterocycles. The molecule has 1 aromatic carbocycles. The Morgan fingerprint density at radius 1 is 1.21 bits per heavy atom. The predicted octanol–water partition coefficient (Wildman–Crippen LogP) is 2.99. The number of H-pyrrole nitrogens is 1. The maximum Gasteiger partial charge on any atom is 0.261 e. The number of aromatic nitrogens is 2. The summed E-state index contributed by atoms with van der Waals surface area (Å²) in [5, 5.41) is 2.78. The standard InChI is InChI=1S/C21H23F2N5O4S/c1-4-7-33(31,32)27-16-6-5-15(22)18(19(16)23)21(30)26-12-8-13-14(17(29)11-28(2)3)10-25-20(13)24-9-12/h5-6,8-10,27H,4,7,11H2,1-3H3,(H,24,25)(H,26,30). The number of benzene rings is 1. The minimum Gasteiger partial charge on any atom is -0.345 e. The smallest absolute Gasteiger partial charge is 0.261 e. The molecule has 0 fully saturated rings. The number of rotatable bonds is 9. The maximum atomic E-state index is 14.9. The van der Waals surface area contributed by atoms with Gasteiger partial charge < -0.3 is 15.2 Å². The van der Waals surface area contributed by atoms with Gasteiger partial charge in [0.2, 0.25) is 10.0 Å². The summed E-state index contributed by atoms with van der Waals surface area (Å²) in [7, 11) is -0.362. The largest absolute Gasteiger partial charge is 0.345 e. The molecule has 176 valence electrons. The number of likely N-dealkylation sites (N-methyl/N-ethyl adjacent to an activating group) is 1. The van der Waals surface area contributed by atoms with Crippen molar-refractivity contribution >= 4 is 44.1 Å². The molecule has 2 aromatic heterocycles. The van der Waals surface area contributed by atoms with Crippen LogP contribution in [0.15, 0.2) is 30.6 Å². The zero-order chi connectivity index (χ0) is 24.3. The molecule has 0 aliphatic carbocycles. The zero-order valence-corrected chi connectivity index (χ0v) is 19.0. The molecule has 0 atom stereocenters. The van der Waals surface area contributed by atoms with Crippen molar-refractivity contribution in [1.82, 2.24) is 14.9 Å². The van der Waals surface area contributed by atoms with Gasteiger partial charge in [-0.15, -0.1) is 0 Å². The molecule has 3 rings (SSSR count). The minimum atomic E-state index is -3.85. The molecule has 3 aromatic rings. The van der Waals surface area contributed by atoms with Gasteiger partial charge in [0.05, 0.1) is 29.9 Å². The highest BCUT2D eigenvalue weighted by Crippen LogP contribution is 2.25. The Hall–Kier alpha value is -3.38. The third-order valence-electron chi connectivity index (χ3n) is 4.61. The fraction of sp³-hybridized carbons (Fsp3) is 0.286. The van der Waals surface area contributed by atoms with Crippen LogP contribution in [0, 0.1) is 11.6 Å². The second kappa shape index (κ2) is 9.63. The Kier molecular flexibility index (Phi) is 7.08. The summed E-state index contributed by atoms with van der Waals surface area (Å²) in [6, 6.07) is 3.17. The highest BCUT2D eigenvalue weighted by Gasteiger charge is 2.23. The molecule has 0 spiro atoms. The second-order valence-electron chi connectivity index (χ2n) is 7.64. The number of halogens is 2. The van der Waals surface area contributed by atoms with Crippen molar-refractivity contribution in [2.45, 2.75) is 13.3 Å². The van der Waals surface area contributed by atoms with Crippen LogP contribution in [0.3, 0.4) is 0 Å². The third kappa shape index (κ3) is 5.52.